The van der Waals surface area contributed by atoms with E-state index >= 15 is 0 Å². The van der Waals surface area contributed by atoms with E-state index in [1.807, 2.05) is 25.5 Å². The molecule has 8 nitrogen and oxygen atoms in total. The van der Waals surface area contributed by atoms with E-state index in [0.29, 0.717) is 24.6 Å². The Morgan fingerprint density at radius 3 is 2.66 bits per heavy atom. The topological polar surface area (TPSA) is 109 Å². The summed E-state index contributed by atoms with van der Waals surface area (Å²) in [5.41, 5.74) is 9.89. The molecule has 0 bridgehead atoms. The molecule has 1 amide bonds. The van der Waals surface area contributed by atoms with Gasteiger partial charge in [-0.1, -0.05) is 0 Å². The van der Waals surface area contributed by atoms with Gasteiger partial charge in [0.2, 0.25) is 10.0 Å². The lowest BCUT2D eigenvalue weighted by atomic mass is 9.80. The Kier molecular flexibility index (Phi) is 6.58. The van der Waals surface area contributed by atoms with Gasteiger partial charge in [-0.3, -0.25) is 4.79 Å². The summed E-state index contributed by atoms with van der Waals surface area (Å²) in [7, 11) is 0.868. The number of thiazole rings is 1. The average molecular weight is 478 g/mol. The highest BCUT2D eigenvalue weighted by atomic mass is 32.2. The molecular formula is C22H31N5O3S2. The van der Waals surface area contributed by atoms with E-state index in [9.17, 15) is 13.2 Å². The molecule has 2 aromatic rings. The molecule has 2 aliphatic rings. The number of hydrogen-bond acceptors (Lipinski definition) is 7. The molecule has 1 aromatic carbocycles. The zero-order valence-corrected chi connectivity index (χ0v) is 20.4. The van der Waals surface area contributed by atoms with Gasteiger partial charge in [-0.15, -0.1) is 11.3 Å². The standard InChI is InChI=1S/C22H31N5O3S2/c1-4-32(29,30)27-7-5-14(6-8-27)18-11-24-21-16(18)9-15(10-17(21)22(23)28)19-13-31-20(25-19)12-26(2)3/h9-10,13-14,18,24H,4-8,11-12H2,1-3H3,(H2,23,28). The number of anilines is 1. The molecule has 1 unspecified atom stereocenters. The zero-order chi connectivity index (χ0) is 23.0. The minimum atomic E-state index is -3.15. The van der Waals surface area contributed by atoms with E-state index in [1.54, 1.807) is 22.6 Å². The van der Waals surface area contributed by atoms with Gasteiger partial charge in [0, 0.05) is 43.0 Å². The molecule has 0 saturated carbocycles. The van der Waals surface area contributed by atoms with Crippen molar-refractivity contribution in [2.75, 3.05) is 44.8 Å². The molecule has 1 fully saturated rings. The van der Waals surface area contributed by atoms with Crippen LogP contribution in [0.2, 0.25) is 0 Å². The molecular weight excluding hydrogens is 446 g/mol. The van der Waals surface area contributed by atoms with Crippen LogP contribution >= 0.6 is 11.3 Å². The maximum atomic E-state index is 12.2. The Bertz CT molecular complexity index is 1100. The largest absolute Gasteiger partial charge is 0.384 e. The van der Waals surface area contributed by atoms with Gasteiger partial charge in [-0.25, -0.2) is 17.7 Å². The van der Waals surface area contributed by atoms with E-state index in [2.05, 4.69) is 16.3 Å². The fraction of sp³-hybridized carbons (Fsp3) is 0.545. The molecule has 3 heterocycles. The summed E-state index contributed by atoms with van der Waals surface area (Å²) >= 11 is 1.61. The first kappa shape index (κ1) is 23.2. The summed E-state index contributed by atoms with van der Waals surface area (Å²) in [6, 6.07) is 3.97. The van der Waals surface area contributed by atoms with Crippen molar-refractivity contribution in [2.24, 2.45) is 11.7 Å². The van der Waals surface area contributed by atoms with Crippen LogP contribution in [-0.4, -0.2) is 68.0 Å². The number of carbonyl (C=O) groups excluding carboxylic acids is 1. The van der Waals surface area contributed by atoms with Gasteiger partial charge in [0.05, 0.1) is 22.7 Å². The number of sulfonamides is 1. The lowest BCUT2D eigenvalue weighted by Crippen LogP contribution is -2.40. The van der Waals surface area contributed by atoms with Crippen molar-refractivity contribution in [3.05, 3.63) is 33.6 Å². The number of primary amides is 1. The van der Waals surface area contributed by atoms with Gasteiger partial charge in [0.1, 0.15) is 5.01 Å². The van der Waals surface area contributed by atoms with Gasteiger partial charge in [0.25, 0.3) is 5.91 Å². The highest BCUT2D eigenvalue weighted by molar-refractivity contribution is 7.89. The van der Waals surface area contributed by atoms with Crippen LogP contribution in [0.1, 0.15) is 46.6 Å². The maximum Gasteiger partial charge on any atom is 0.250 e. The Morgan fingerprint density at radius 2 is 2.03 bits per heavy atom. The van der Waals surface area contributed by atoms with Gasteiger partial charge in [-0.05, 0) is 57.5 Å². The molecule has 4 rings (SSSR count). The van der Waals surface area contributed by atoms with Gasteiger partial charge in [-0.2, -0.15) is 0 Å². The SMILES string of the molecule is CCS(=O)(=O)N1CCC(C2CNc3c(C(N)=O)cc(-c4csc(CN(C)C)n4)cc32)CC1. The van der Waals surface area contributed by atoms with Crippen molar-refractivity contribution >= 4 is 33.0 Å². The quantitative estimate of drug-likeness (QED) is 0.634. The van der Waals surface area contributed by atoms with Crippen LogP contribution < -0.4 is 11.1 Å². The van der Waals surface area contributed by atoms with Crippen molar-refractivity contribution in [2.45, 2.75) is 32.2 Å². The number of rotatable bonds is 7. The summed E-state index contributed by atoms with van der Waals surface area (Å²) in [6.07, 6.45) is 1.62. The van der Waals surface area contributed by atoms with E-state index < -0.39 is 15.9 Å². The first-order valence-electron chi connectivity index (χ1n) is 11.0. The maximum absolute atomic E-state index is 12.2. The number of benzene rings is 1. The third-order valence-corrected chi connectivity index (χ3v) is 9.17. The first-order valence-corrected chi connectivity index (χ1v) is 13.5. The Morgan fingerprint density at radius 1 is 1.31 bits per heavy atom. The normalized spacial score (nSPS) is 19.8. The minimum Gasteiger partial charge on any atom is -0.384 e. The molecule has 3 N–H and O–H groups in total. The summed E-state index contributed by atoms with van der Waals surface area (Å²) in [5, 5.41) is 6.45. The predicted octanol–water partition coefficient (Wildman–Crippen LogP) is 2.54. The highest BCUT2D eigenvalue weighted by Gasteiger charge is 2.36. The van der Waals surface area contributed by atoms with Crippen LogP contribution in [-0.2, 0) is 16.6 Å². The molecule has 32 heavy (non-hydrogen) atoms. The zero-order valence-electron chi connectivity index (χ0n) is 18.8. The van der Waals surface area contributed by atoms with E-state index in [0.717, 1.165) is 53.4 Å². The molecule has 1 atom stereocenters. The van der Waals surface area contributed by atoms with E-state index in [4.69, 9.17) is 10.7 Å². The van der Waals surface area contributed by atoms with Crippen LogP contribution in [0.25, 0.3) is 11.3 Å². The number of amides is 1. The second kappa shape index (κ2) is 9.09. The summed E-state index contributed by atoms with van der Waals surface area (Å²) in [6.45, 7) is 4.28. The van der Waals surface area contributed by atoms with E-state index in [-0.39, 0.29) is 11.7 Å². The van der Waals surface area contributed by atoms with Crippen LogP contribution in [0.5, 0.6) is 0 Å². The molecule has 1 saturated heterocycles. The van der Waals surface area contributed by atoms with Crippen LogP contribution in [0, 0.1) is 5.92 Å². The molecule has 174 valence electrons. The predicted molar refractivity (Wildman–Crippen MR) is 128 cm³/mol. The van der Waals surface area contributed by atoms with E-state index in [1.165, 1.54) is 0 Å². The fourth-order valence-electron chi connectivity index (χ4n) is 4.76. The second-order valence-electron chi connectivity index (χ2n) is 8.84. The van der Waals surface area contributed by atoms with Crippen molar-refractivity contribution in [3.8, 4) is 11.3 Å². The molecule has 10 heteroatoms. The van der Waals surface area contributed by atoms with Crippen LogP contribution in [0.4, 0.5) is 5.69 Å². The third kappa shape index (κ3) is 4.54. The van der Waals surface area contributed by atoms with Crippen LogP contribution in [0.15, 0.2) is 17.5 Å². The number of carbonyl (C=O) groups is 1. The summed E-state index contributed by atoms with van der Waals surface area (Å²) in [4.78, 5) is 19.1. The van der Waals surface area contributed by atoms with Gasteiger partial charge in [0.15, 0.2) is 0 Å². The number of hydrogen-bond donors (Lipinski definition) is 2. The molecule has 0 radical (unpaired) electrons. The number of nitrogens with two attached hydrogens (primary N) is 1. The molecule has 0 spiro atoms. The van der Waals surface area contributed by atoms with Crippen molar-refractivity contribution in [1.82, 2.24) is 14.2 Å². The monoisotopic (exact) mass is 477 g/mol. The lowest BCUT2D eigenvalue weighted by Gasteiger charge is -2.34. The molecule has 2 aliphatic heterocycles. The van der Waals surface area contributed by atoms with Gasteiger partial charge >= 0.3 is 0 Å². The van der Waals surface area contributed by atoms with Gasteiger partial charge < -0.3 is 16.0 Å². The summed E-state index contributed by atoms with van der Waals surface area (Å²) in [5.74, 6) is 0.251. The average Bonchev–Trinajstić information content (AvgIpc) is 3.39. The third-order valence-electron chi connectivity index (χ3n) is 6.46. The molecule has 1 aromatic heterocycles. The first-order chi connectivity index (χ1) is 15.2. The number of nitrogens with zero attached hydrogens (tertiary/aromatic N) is 3. The molecule has 0 aliphatic carbocycles. The fourth-order valence-corrected chi connectivity index (χ4v) is 6.82. The smallest absolute Gasteiger partial charge is 0.250 e. The number of piperidine rings is 1. The number of aromatic nitrogens is 1. The number of fused-ring (bicyclic) bond motifs is 1. The van der Waals surface area contributed by atoms with Crippen molar-refractivity contribution in [1.29, 1.82) is 0 Å². The Labute approximate surface area is 193 Å². The summed E-state index contributed by atoms with van der Waals surface area (Å²) < 4.78 is 26.1. The van der Waals surface area contributed by atoms with Crippen LogP contribution in [0.3, 0.4) is 0 Å². The Balaban J connectivity index is 1.62. The van der Waals surface area contributed by atoms with Crippen molar-refractivity contribution in [3.63, 3.8) is 0 Å². The second-order valence-corrected chi connectivity index (χ2v) is 12.0. The minimum absolute atomic E-state index is 0.139. The van der Waals surface area contributed by atoms with Crippen molar-refractivity contribution < 1.29 is 13.2 Å². The Hall–Kier alpha value is -2.01. The lowest BCUT2D eigenvalue weighted by molar-refractivity contribution is 0.100. The highest BCUT2D eigenvalue weighted by Crippen LogP contribution is 2.44. The number of nitrogens with one attached hydrogen (secondary N) is 1.